The molecule has 164 valence electrons. The molecule has 0 atom stereocenters. The third kappa shape index (κ3) is 4.46. The molecule has 3 heterocycles. The van der Waals surface area contributed by atoms with Crippen LogP contribution in [0, 0.1) is 5.82 Å². The first-order valence-corrected chi connectivity index (χ1v) is 10.7. The van der Waals surface area contributed by atoms with Gasteiger partial charge in [0, 0.05) is 24.0 Å². The zero-order chi connectivity index (χ0) is 22.4. The third-order valence-corrected chi connectivity index (χ3v) is 5.84. The van der Waals surface area contributed by atoms with Crippen LogP contribution in [0.1, 0.15) is 52.1 Å². The van der Waals surface area contributed by atoms with Gasteiger partial charge >= 0.3 is 0 Å². The van der Waals surface area contributed by atoms with E-state index in [1.807, 2.05) is 22.9 Å². The topological polar surface area (TPSA) is 49.2 Å². The van der Waals surface area contributed by atoms with Gasteiger partial charge in [-0.2, -0.15) is 0 Å². The smallest absolute Gasteiger partial charge is 0.167 e. The predicted molar refractivity (Wildman–Crippen MR) is 120 cm³/mol. The molecule has 4 rings (SSSR count). The molecule has 2 aromatic heterocycles. The van der Waals surface area contributed by atoms with Gasteiger partial charge in [-0.15, -0.1) is 0 Å². The number of imidazole rings is 1. The largest absolute Gasteiger partial charge is 0.494 e. The highest BCUT2D eigenvalue weighted by atomic mass is 35.5. The fraction of sp³-hybridized carbons (Fsp3) is 0.417. The summed E-state index contributed by atoms with van der Waals surface area (Å²) in [4.78, 5) is 9.52. The van der Waals surface area contributed by atoms with Gasteiger partial charge in [0.2, 0.25) is 0 Å². The van der Waals surface area contributed by atoms with Crippen molar-refractivity contribution >= 4 is 11.6 Å². The Kier molecular flexibility index (Phi) is 5.56. The maximum absolute atomic E-state index is 13.8. The van der Waals surface area contributed by atoms with Gasteiger partial charge < -0.3 is 9.47 Å². The van der Waals surface area contributed by atoms with Gasteiger partial charge in [0.1, 0.15) is 17.3 Å². The first-order valence-electron chi connectivity index (χ1n) is 10.3. The van der Waals surface area contributed by atoms with E-state index in [9.17, 15) is 4.39 Å². The first-order chi connectivity index (χ1) is 14.6. The van der Waals surface area contributed by atoms with Gasteiger partial charge in [0.15, 0.2) is 5.82 Å². The second kappa shape index (κ2) is 7.92. The summed E-state index contributed by atoms with van der Waals surface area (Å²) in [5.74, 6) is 0.971. The molecule has 1 aliphatic heterocycles. The number of hydrogen-bond acceptors (Lipinski definition) is 4. The lowest BCUT2D eigenvalue weighted by molar-refractivity contribution is -0.162. The van der Waals surface area contributed by atoms with Crippen molar-refractivity contribution < 1.29 is 13.9 Å². The van der Waals surface area contributed by atoms with Crippen molar-refractivity contribution in [2.45, 2.75) is 57.7 Å². The van der Waals surface area contributed by atoms with E-state index in [0.29, 0.717) is 23.0 Å². The average Bonchev–Trinajstić information content (AvgIpc) is 3.13. The summed E-state index contributed by atoms with van der Waals surface area (Å²) in [5.41, 5.74) is 1.73. The second-order valence-electron chi connectivity index (χ2n) is 9.24. The van der Waals surface area contributed by atoms with E-state index in [2.05, 4.69) is 32.7 Å². The molecule has 0 aliphatic carbocycles. The van der Waals surface area contributed by atoms with Crippen LogP contribution in [0.4, 0.5) is 4.39 Å². The minimum absolute atomic E-state index is 0.0556. The van der Waals surface area contributed by atoms with Gasteiger partial charge in [-0.25, -0.2) is 14.4 Å². The SMILES string of the molecule is COc1cccnc1-c1nc(C2CC(C)(C)OC(C)(C)C2)cn1-c1ccc(F)c(Cl)c1. The van der Waals surface area contributed by atoms with Crippen LogP contribution in [-0.2, 0) is 4.74 Å². The van der Waals surface area contributed by atoms with Crippen LogP contribution < -0.4 is 4.74 Å². The molecular formula is C24H27ClFN3O2. The van der Waals surface area contributed by atoms with Crippen LogP contribution in [0.5, 0.6) is 5.75 Å². The van der Waals surface area contributed by atoms with E-state index in [1.54, 1.807) is 25.4 Å². The molecule has 1 saturated heterocycles. The summed E-state index contributed by atoms with van der Waals surface area (Å²) in [5, 5.41) is 0.0556. The number of halogens is 2. The lowest BCUT2D eigenvalue weighted by Crippen LogP contribution is -2.44. The summed E-state index contributed by atoms with van der Waals surface area (Å²) < 4.78 is 27.5. The zero-order valence-corrected chi connectivity index (χ0v) is 19.2. The average molecular weight is 444 g/mol. The molecule has 0 bridgehead atoms. The molecule has 1 aromatic carbocycles. The van der Waals surface area contributed by atoms with E-state index in [-0.39, 0.29) is 22.1 Å². The second-order valence-corrected chi connectivity index (χ2v) is 9.65. The highest BCUT2D eigenvalue weighted by Crippen LogP contribution is 2.44. The Labute approximate surface area is 187 Å². The van der Waals surface area contributed by atoms with Gasteiger partial charge in [-0.3, -0.25) is 4.57 Å². The van der Waals surface area contributed by atoms with Crippen molar-refractivity contribution in [2.75, 3.05) is 7.11 Å². The van der Waals surface area contributed by atoms with Crippen LogP contribution >= 0.6 is 11.6 Å². The van der Waals surface area contributed by atoms with Crippen molar-refractivity contribution in [3.05, 3.63) is 59.3 Å². The third-order valence-electron chi connectivity index (χ3n) is 5.56. The molecule has 0 unspecified atom stereocenters. The van der Waals surface area contributed by atoms with Gasteiger partial charge in [0.05, 0.1) is 29.0 Å². The fourth-order valence-electron chi connectivity index (χ4n) is 4.62. The van der Waals surface area contributed by atoms with Gasteiger partial charge in [0.25, 0.3) is 0 Å². The van der Waals surface area contributed by atoms with E-state index in [4.69, 9.17) is 26.1 Å². The Morgan fingerprint density at radius 1 is 1.16 bits per heavy atom. The lowest BCUT2D eigenvalue weighted by Gasteiger charge is -2.45. The highest BCUT2D eigenvalue weighted by molar-refractivity contribution is 6.30. The van der Waals surface area contributed by atoms with Crippen LogP contribution in [0.15, 0.2) is 42.7 Å². The Balaban J connectivity index is 1.87. The van der Waals surface area contributed by atoms with Crippen LogP contribution in [0.2, 0.25) is 5.02 Å². The number of hydrogen-bond donors (Lipinski definition) is 0. The fourth-order valence-corrected chi connectivity index (χ4v) is 4.79. The van der Waals surface area contributed by atoms with E-state index >= 15 is 0 Å². The van der Waals surface area contributed by atoms with E-state index < -0.39 is 5.82 Å². The number of rotatable bonds is 4. The molecule has 0 saturated carbocycles. The van der Waals surface area contributed by atoms with Crippen LogP contribution in [0.25, 0.3) is 17.2 Å². The predicted octanol–water partition coefficient (Wildman–Crippen LogP) is 6.19. The highest BCUT2D eigenvalue weighted by Gasteiger charge is 2.41. The minimum atomic E-state index is -0.462. The Morgan fingerprint density at radius 2 is 1.87 bits per heavy atom. The van der Waals surface area contributed by atoms with Crippen LogP contribution in [0.3, 0.4) is 0 Å². The summed E-state index contributed by atoms with van der Waals surface area (Å²) >= 11 is 6.09. The molecule has 0 amide bonds. The van der Waals surface area contributed by atoms with Crippen molar-refractivity contribution in [1.82, 2.24) is 14.5 Å². The lowest BCUT2D eigenvalue weighted by atomic mass is 9.79. The van der Waals surface area contributed by atoms with Crippen molar-refractivity contribution in [1.29, 1.82) is 0 Å². The molecule has 31 heavy (non-hydrogen) atoms. The molecule has 3 aromatic rings. The molecular weight excluding hydrogens is 417 g/mol. The normalized spacial score (nSPS) is 18.2. The monoisotopic (exact) mass is 443 g/mol. The molecule has 0 radical (unpaired) electrons. The number of methoxy groups -OCH3 is 1. The molecule has 7 heteroatoms. The maximum atomic E-state index is 13.8. The summed E-state index contributed by atoms with van der Waals surface area (Å²) in [6, 6.07) is 8.30. The molecule has 0 N–H and O–H groups in total. The molecule has 1 aliphatic rings. The van der Waals surface area contributed by atoms with E-state index in [1.165, 1.54) is 6.07 Å². The minimum Gasteiger partial charge on any atom is -0.494 e. The summed E-state index contributed by atoms with van der Waals surface area (Å²) in [6.45, 7) is 8.45. The quantitative estimate of drug-likeness (QED) is 0.482. The number of benzene rings is 1. The first kappa shape index (κ1) is 21.8. The number of pyridine rings is 1. The molecule has 1 fully saturated rings. The molecule has 5 nitrogen and oxygen atoms in total. The Morgan fingerprint density at radius 3 is 2.52 bits per heavy atom. The van der Waals surface area contributed by atoms with Crippen molar-refractivity contribution in [3.63, 3.8) is 0 Å². The van der Waals surface area contributed by atoms with Gasteiger partial charge in [-0.05, 0) is 70.9 Å². The van der Waals surface area contributed by atoms with E-state index in [0.717, 1.165) is 18.5 Å². The number of nitrogens with zero attached hydrogens (tertiary/aromatic N) is 3. The Hall–Kier alpha value is -2.44. The molecule has 0 spiro atoms. The number of ether oxygens (including phenoxy) is 2. The number of aromatic nitrogens is 3. The summed E-state index contributed by atoms with van der Waals surface area (Å²) in [7, 11) is 1.60. The standard InChI is InChI=1S/C24H27ClFN3O2/c1-23(2)12-15(13-24(3,4)31-23)19-14-29(16-8-9-18(26)17(25)11-16)22(28-19)21-20(30-5)7-6-10-27-21/h6-11,14-15H,12-13H2,1-5H3. The van der Waals surface area contributed by atoms with Gasteiger partial charge in [-0.1, -0.05) is 11.6 Å². The Bertz CT molecular complexity index is 1090. The maximum Gasteiger partial charge on any atom is 0.167 e. The van der Waals surface area contributed by atoms with Crippen molar-refractivity contribution in [3.8, 4) is 23.0 Å². The van der Waals surface area contributed by atoms with Crippen molar-refractivity contribution in [2.24, 2.45) is 0 Å². The van der Waals surface area contributed by atoms with Crippen LogP contribution in [-0.4, -0.2) is 32.8 Å². The summed E-state index contributed by atoms with van der Waals surface area (Å²) in [6.07, 6.45) is 5.39. The zero-order valence-electron chi connectivity index (χ0n) is 18.4.